The van der Waals surface area contributed by atoms with Crippen molar-refractivity contribution in [2.75, 3.05) is 11.9 Å². The van der Waals surface area contributed by atoms with Gasteiger partial charge in [0.15, 0.2) is 0 Å². The second-order valence-corrected chi connectivity index (χ2v) is 6.53. The van der Waals surface area contributed by atoms with Crippen LogP contribution in [0, 0.1) is 3.57 Å². The van der Waals surface area contributed by atoms with Crippen LogP contribution in [0.3, 0.4) is 0 Å². The van der Waals surface area contributed by atoms with Crippen molar-refractivity contribution in [1.82, 2.24) is 15.3 Å². The first-order chi connectivity index (χ1) is 13.1. The first-order valence-corrected chi connectivity index (χ1v) is 9.07. The average molecular weight is 474 g/mol. The Balaban J connectivity index is 1.50. The minimum absolute atomic E-state index is 0.125. The number of benzene rings is 2. The van der Waals surface area contributed by atoms with E-state index >= 15 is 0 Å². The van der Waals surface area contributed by atoms with Gasteiger partial charge in [0.25, 0.3) is 5.91 Å². The molecule has 7 nitrogen and oxygen atoms in total. The number of nitrogens with zero attached hydrogens (tertiary/aromatic N) is 2. The molecule has 0 saturated carbocycles. The predicted molar refractivity (Wildman–Crippen MR) is 109 cm³/mol. The highest BCUT2D eigenvalue weighted by Gasteiger charge is 2.11. The van der Waals surface area contributed by atoms with Gasteiger partial charge < -0.3 is 15.4 Å². The molecule has 136 valence electrons. The van der Waals surface area contributed by atoms with Crippen LogP contribution >= 0.6 is 22.6 Å². The molecule has 0 saturated heterocycles. The van der Waals surface area contributed by atoms with Crippen molar-refractivity contribution in [2.24, 2.45) is 0 Å². The SMILES string of the molecule is O=C(CNC(=O)c1ccccc1I)Nc1ccc(Oc2ncccn2)cc1. The summed E-state index contributed by atoms with van der Waals surface area (Å²) in [5.41, 5.74) is 1.13. The Morgan fingerprint density at radius 1 is 0.963 bits per heavy atom. The average Bonchev–Trinajstić information content (AvgIpc) is 2.69. The van der Waals surface area contributed by atoms with E-state index in [0.29, 0.717) is 17.0 Å². The largest absolute Gasteiger partial charge is 0.424 e. The summed E-state index contributed by atoms with van der Waals surface area (Å²) in [6, 6.07) is 15.9. The van der Waals surface area contributed by atoms with Crippen molar-refractivity contribution in [3.8, 4) is 11.8 Å². The molecule has 0 aliphatic heterocycles. The van der Waals surface area contributed by atoms with E-state index in [-0.39, 0.29) is 24.4 Å². The number of anilines is 1. The van der Waals surface area contributed by atoms with Gasteiger partial charge in [0.1, 0.15) is 5.75 Å². The van der Waals surface area contributed by atoms with Crippen LogP contribution in [0.5, 0.6) is 11.8 Å². The molecule has 1 heterocycles. The normalized spacial score (nSPS) is 10.1. The molecule has 0 fully saturated rings. The zero-order valence-corrected chi connectivity index (χ0v) is 16.2. The standard InChI is InChI=1S/C19H15IN4O3/c20-16-5-2-1-4-15(16)18(26)23-12-17(25)24-13-6-8-14(9-7-13)27-19-21-10-3-11-22-19/h1-11H,12H2,(H,23,26)(H,24,25). The summed E-state index contributed by atoms with van der Waals surface area (Å²) in [5.74, 6) is -0.0673. The van der Waals surface area contributed by atoms with Crippen LogP contribution in [0.15, 0.2) is 67.0 Å². The van der Waals surface area contributed by atoms with Crippen LogP contribution < -0.4 is 15.4 Å². The number of aromatic nitrogens is 2. The highest BCUT2D eigenvalue weighted by molar-refractivity contribution is 14.1. The highest BCUT2D eigenvalue weighted by atomic mass is 127. The van der Waals surface area contributed by atoms with Crippen molar-refractivity contribution in [3.05, 3.63) is 76.1 Å². The second-order valence-electron chi connectivity index (χ2n) is 5.37. The Hall–Kier alpha value is -3.01. The van der Waals surface area contributed by atoms with Gasteiger partial charge in [-0.3, -0.25) is 9.59 Å². The molecule has 27 heavy (non-hydrogen) atoms. The molecule has 2 amide bonds. The Kier molecular flexibility index (Phi) is 6.31. The molecular formula is C19H15IN4O3. The topological polar surface area (TPSA) is 93.2 Å². The Labute approximate surface area is 169 Å². The number of carbonyl (C=O) groups excluding carboxylic acids is 2. The van der Waals surface area contributed by atoms with E-state index in [1.165, 1.54) is 0 Å². The number of ether oxygens (including phenoxy) is 1. The van der Waals surface area contributed by atoms with Crippen LogP contribution in [-0.4, -0.2) is 28.3 Å². The fourth-order valence-corrected chi connectivity index (χ4v) is 2.79. The van der Waals surface area contributed by atoms with Gasteiger partial charge in [-0.25, -0.2) is 9.97 Å². The number of hydrogen-bond acceptors (Lipinski definition) is 5. The van der Waals surface area contributed by atoms with E-state index in [0.717, 1.165) is 3.57 Å². The number of carbonyl (C=O) groups is 2. The number of rotatable bonds is 6. The first-order valence-electron chi connectivity index (χ1n) is 7.99. The van der Waals surface area contributed by atoms with E-state index in [2.05, 4.69) is 43.2 Å². The number of amides is 2. The maximum absolute atomic E-state index is 12.1. The molecular weight excluding hydrogens is 459 g/mol. The monoisotopic (exact) mass is 474 g/mol. The lowest BCUT2D eigenvalue weighted by Gasteiger charge is -2.09. The Morgan fingerprint density at radius 3 is 2.37 bits per heavy atom. The molecule has 3 aromatic rings. The zero-order chi connectivity index (χ0) is 19.1. The van der Waals surface area contributed by atoms with Crippen molar-refractivity contribution in [2.45, 2.75) is 0 Å². The van der Waals surface area contributed by atoms with Gasteiger partial charge in [-0.15, -0.1) is 0 Å². The van der Waals surface area contributed by atoms with Gasteiger partial charge in [-0.2, -0.15) is 0 Å². The Morgan fingerprint density at radius 2 is 1.67 bits per heavy atom. The van der Waals surface area contributed by atoms with E-state index in [4.69, 9.17) is 4.74 Å². The number of hydrogen-bond donors (Lipinski definition) is 2. The third-order valence-corrected chi connectivity index (χ3v) is 4.36. The highest BCUT2D eigenvalue weighted by Crippen LogP contribution is 2.19. The van der Waals surface area contributed by atoms with Gasteiger partial charge in [0.2, 0.25) is 5.91 Å². The maximum atomic E-state index is 12.1. The summed E-state index contributed by atoms with van der Waals surface area (Å²) in [6.45, 7) is -0.125. The molecule has 0 aliphatic carbocycles. The number of halogens is 1. The van der Waals surface area contributed by atoms with Crippen LogP contribution in [0.25, 0.3) is 0 Å². The van der Waals surface area contributed by atoms with Crippen LogP contribution in [0.4, 0.5) is 5.69 Å². The van der Waals surface area contributed by atoms with Crippen LogP contribution in [0.1, 0.15) is 10.4 Å². The van der Waals surface area contributed by atoms with Gasteiger partial charge in [-0.1, -0.05) is 12.1 Å². The Bertz CT molecular complexity index is 933. The van der Waals surface area contributed by atoms with Crippen LogP contribution in [0.2, 0.25) is 0 Å². The molecule has 0 spiro atoms. The lowest BCUT2D eigenvalue weighted by atomic mass is 10.2. The van der Waals surface area contributed by atoms with E-state index < -0.39 is 0 Å². The summed E-state index contributed by atoms with van der Waals surface area (Å²) in [7, 11) is 0. The third kappa shape index (κ3) is 5.48. The zero-order valence-electron chi connectivity index (χ0n) is 14.1. The second kappa shape index (κ2) is 9.08. The molecule has 2 aromatic carbocycles. The summed E-state index contributed by atoms with van der Waals surface area (Å²) in [4.78, 5) is 32.1. The maximum Gasteiger partial charge on any atom is 0.321 e. The summed E-state index contributed by atoms with van der Waals surface area (Å²) in [6.07, 6.45) is 3.17. The summed E-state index contributed by atoms with van der Waals surface area (Å²) in [5, 5.41) is 5.32. The first kappa shape index (κ1) is 18.8. The molecule has 0 aliphatic rings. The van der Waals surface area contributed by atoms with Gasteiger partial charge in [-0.05, 0) is 65.1 Å². The quantitative estimate of drug-likeness (QED) is 0.536. The van der Waals surface area contributed by atoms with E-state index in [1.54, 1.807) is 54.9 Å². The minimum Gasteiger partial charge on any atom is -0.424 e. The molecule has 8 heteroatoms. The predicted octanol–water partition coefficient (Wildman–Crippen LogP) is 3.24. The lowest BCUT2D eigenvalue weighted by molar-refractivity contribution is -0.115. The van der Waals surface area contributed by atoms with Crippen molar-refractivity contribution < 1.29 is 14.3 Å². The fourth-order valence-electron chi connectivity index (χ4n) is 2.16. The van der Waals surface area contributed by atoms with E-state index in [9.17, 15) is 9.59 Å². The van der Waals surface area contributed by atoms with Crippen molar-refractivity contribution >= 4 is 40.1 Å². The molecule has 2 N–H and O–H groups in total. The lowest BCUT2D eigenvalue weighted by Crippen LogP contribution is -2.33. The van der Waals surface area contributed by atoms with Crippen LogP contribution in [-0.2, 0) is 4.79 Å². The fraction of sp³-hybridized carbons (Fsp3) is 0.0526. The van der Waals surface area contributed by atoms with Crippen molar-refractivity contribution in [3.63, 3.8) is 0 Å². The van der Waals surface area contributed by atoms with E-state index in [1.807, 2.05) is 12.1 Å². The molecule has 0 radical (unpaired) electrons. The third-order valence-electron chi connectivity index (χ3n) is 3.42. The molecule has 0 unspecified atom stereocenters. The summed E-state index contributed by atoms with van der Waals surface area (Å²) < 4.78 is 6.31. The number of nitrogens with one attached hydrogen (secondary N) is 2. The molecule has 0 atom stereocenters. The molecule has 3 rings (SSSR count). The van der Waals surface area contributed by atoms with Gasteiger partial charge in [0.05, 0.1) is 12.1 Å². The smallest absolute Gasteiger partial charge is 0.321 e. The van der Waals surface area contributed by atoms with Gasteiger partial charge in [0, 0.05) is 21.7 Å². The summed E-state index contributed by atoms with van der Waals surface area (Å²) >= 11 is 2.08. The minimum atomic E-state index is -0.325. The van der Waals surface area contributed by atoms with Crippen molar-refractivity contribution in [1.29, 1.82) is 0 Å². The molecule has 0 bridgehead atoms. The van der Waals surface area contributed by atoms with Gasteiger partial charge >= 0.3 is 6.01 Å². The molecule has 1 aromatic heterocycles.